The third-order valence-corrected chi connectivity index (χ3v) is 5.96. The first-order valence-electron chi connectivity index (χ1n) is 10.5. The predicted octanol–water partition coefficient (Wildman–Crippen LogP) is 4.04. The Morgan fingerprint density at radius 1 is 0.441 bits per heavy atom. The van der Waals surface area contributed by atoms with Gasteiger partial charge in [-0.15, -0.1) is 0 Å². The summed E-state index contributed by atoms with van der Waals surface area (Å²) in [6.07, 6.45) is 9.00. The molecule has 3 aromatic heterocycles. The van der Waals surface area contributed by atoms with Gasteiger partial charge in [0.05, 0.1) is 0 Å². The highest BCUT2D eigenvalue weighted by Gasteiger charge is 2.27. The van der Waals surface area contributed by atoms with Crippen LogP contribution in [0.4, 0.5) is 0 Å². The van der Waals surface area contributed by atoms with Crippen LogP contribution >= 0.6 is 0 Å². The molecule has 1 aliphatic rings. The average molecular weight is 439 g/mol. The normalized spacial score (nSPS) is 11.5. The van der Waals surface area contributed by atoms with E-state index in [1.165, 1.54) is 38.0 Å². The lowest BCUT2D eigenvalue weighted by Crippen LogP contribution is -1.97. The topological polar surface area (TPSA) is 116 Å². The van der Waals surface area contributed by atoms with Gasteiger partial charge in [-0.2, -0.15) is 0 Å². The fourth-order valence-electron chi connectivity index (χ4n) is 4.61. The minimum atomic E-state index is 0.559. The zero-order valence-corrected chi connectivity index (χ0v) is 17.5. The standard InChI is InChI=1S/C25H13N9/c1-2-16-18-6-14(23-29-8-26-9-30-23)4-5-15(18)19-7-20(24-31-10-27-11-32-24)22(17(3-1)21(16)19)25-33-12-28-13-34-25/h1-13H. The monoisotopic (exact) mass is 439 g/mol. The molecule has 6 aromatic rings. The van der Waals surface area contributed by atoms with Gasteiger partial charge in [-0.25, -0.2) is 44.9 Å². The number of fused-ring (bicyclic) bond motifs is 3. The molecule has 0 unspecified atom stereocenters. The molecule has 3 aromatic carbocycles. The first-order chi connectivity index (χ1) is 16.9. The van der Waals surface area contributed by atoms with Gasteiger partial charge in [-0.3, -0.25) is 0 Å². The summed E-state index contributed by atoms with van der Waals surface area (Å²) in [4.78, 5) is 38.3. The van der Waals surface area contributed by atoms with Crippen LogP contribution in [-0.4, -0.2) is 44.9 Å². The summed E-state index contributed by atoms with van der Waals surface area (Å²) in [6, 6.07) is 14.7. The molecule has 34 heavy (non-hydrogen) atoms. The maximum atomic E-state index is 4.45. The molecule has 0 spiro atoms. The quantitative estimate of drug-likeness (QED) is 0.402. The van der Waals surface area contributed by atoms with Crippen LogP contribution in [0, 0.1) is 0 Å². The maximum absolute atomic E-state index is 4.45. The highest BCUT2D eigenvalue weighted by molar-refractivity contribution is 6.21. The summed E-state index contributed by atoms with van der Waals surface area (Å²) in [5.74, 6) is 1.76. The van der Waals surface area contributed by atoms with Gasteiger partial charge in [0.25, 0.3) is 0 Å². The summed E-state index contributed by atoms with van der Waals surface area (Å²) < 4.78 is 0. The van der Waals surface area contributed by atoms with Gasteiger partial charge < -0.3 is 0 Å². The molecule has 0 bridgehead atoms. The second-order valence-corrected chi connectivity index (χ2v) is 7.72. The van der Waals surface area contributed by atoms with Crippen LogP contribution in [0.5, 0.6) is 0 Å². The Balaban J connectivity index is 1.56. The molecule has 0 saturated carbocycles. The zero-order chi connectivity index (χ0) is 22.5. The largest absolute Gasteiger partial charge is 0.225 e. The van der Waals surface area contributed by atoms with Crippen LogP contribution in [-0.2, 0) is 0 Å². The van der Waals surface area contributed by atoms with Gasteiger partial charge in [0, 0.05) is 16.7 Å². The van der Waals surface area contributed by atoms with Gasteiger partial charge in [-0.05, 0) is 45.2 Å². The van der Waals surface area contributed by atoms with Gasteiger partial charge in [0.15, 0.2) is 17.5 Å². The second kappa shape index (κ2) is 7.24. The minimum Gasteiger partial charge on any atom is -0.225 e. The Morgan fingerprint density at radius 2 is 1.09 bits per heavy atom. The van der Waals surface area contributed by atoms with E-state index in [2.05, 4.69) is 75.2 Å². The van der Waals surface area contributed by atoms with Crippen molar-refractivity contribution in [1.82, 2.24) is 44.9 Å². The lowest BCUT2D eigenvalue weighted by atomic mass is 9.93. The highest BCUT2D eigenvalue weighted by atomic mass is 15.0. The van der Waals surface area contributed by atoms with Crippen LogP contribution < -0.4 is 0 Å². The van der Waals surface area contributed by atoms with Crippen LogP contribution in [0.2, 0.25) is 0 Å². The lowest BCUT2D eigenvalue weighted by Gasteiger charge is -2.13. The van der Waals surface area contributed by atoms with Gasteiger partial charge in [0.1, 0.15) is 38.0 Å². The molecule has 9 heteroatoms. The van der Waals surface area contributed by atoms with E-state index in [9.17, 15) is 0 Å². The number of benzene rings is 3. The van der Waals surface area contributed by atoms with E-state index in [-0.39, 0.29) is 0 Å². The lowest BCUT2D eigenvalue weighted by molar-refractivity contribution is 1.04. The Bertz CT molecular complexity index is 1690. The Kier molecular flexibility index (Phi) is 3.94. The first kappa shape index (κ1) is 18.5. The summed E-state index contributed by atoms with van der Waals surface area (Å²) in [6.45, 7) is 0. The third-order valence-electron chi connectivity index (χ3n) is 5.96. The van der Waals surface area contributed by atoms with E-state index in [4.69, 9.17) is 0 Å². The Labute approximate surface area is 192 Å². The molecule has 0 amide bonds. The number of nitrogens with zero attached hydrogens (tertiary/aromatic N) is 9. The fraction of sp³-hybridized carbons (Fsp3) is 0. The number of hydrogen-bond donors (Lipinski definition) is 0. The van der Waals surface area contributed by atoms with Crippen molar-refractivity contribution in [2.45, 2.75) is 0 Å². The predicted molar refractivity (Wildman–Crippen MR) is 125 cm³/mol. The molecule has 0 atom stereocenters. The molecule has 0 N–H and O–H groups in total. The smallest absolute Gasteiger partial charge is 0.164 e. The molecule has 158 valence electrons. The maximum Gasteiger partial charge on any atom is 0.164 e. The van der Waals surface area contributed by atoms with Crippen LogP contribution in [0.3, 0.4) is 0 Å². The molecule has 0 radical (unpaired) electrons. The van der Waals surface area contributed by atoms with Crippen molar-refractivity contribution >= 4 is 10.8 Å². The van der Waals surface area contributed by atoms with Gasteiger partial charge in [-0.1, -0.05) is 30.3 Å². The molecule has 0 aliphatic heterocycles. The fourth-order valence-corrected chi connectivity index (χ4v) is 4.61. The highest BCUT2D eigenvalue weighted by Crippen LogP contribution is 2.52. The van der Waals surface area contributed by atoms with Crippen molar-refractivity contribution in [3.63, 3.8) is 0 Å². The summed E-state index contributed by atoms with van der Waals surface area (Å²) in [7, 11) is 0. The van der Waals surface area contributed by atoms with E-state index < -0.39 is 0 Å². The third kappa shape index (κ3) is 2.70. The van der Waals surface area contributed by atoms with Crippen molar-refractivity contribution in [3.8, 4) is 56.4 Å². The average Bonchev–Trinajstić information content (AvgIpc) is 3.24. The van der Waals surface area contributed by atoms with Crippen LogP contribution in [0.15, 0.2) is 80.4 Å². The molecule has 0 saturated heterocycles. The number of hydrogen-bond acceptors (Lipinski definition) is 9. The van der Waals surface area contributed by atoms with Crippen molar-refractivity contribution in [2.24, 2.45) is 0 Å². The van der Waals surface area contributed by atoms with Crippen molar-refractivity contribution in [3.05, 3.63) is 80.4 Å². The zero-order valence-electron chi connectivity index (χ0n) is 17.5. The number of rotatable bonds is 3. The molecular formula is C25H13N9. The van der Waals surface area contributed by atoms with Crippen molar-refractivity contribution in [1.29, 1.82) is 0 Å². The molecular weight excluding hydrogens is 426 g/mol. The summed E-state index contributed by atoms with van der Waals surface area (Å²) >= 11 is 0. The van der Waals surface area contributed by atoms with E-state index in [0.29, 0.717) is 17.5 Å². The van der Waals surface area contributed by atoms with Gasteiger partial charge in [0.2, 0.25) is 0 Å². The van der Waals surface area contributed by atoms with E-state index in [0.717, 1.165) is 49.7 Å². The Morgan fingerprint density at radius 3 is 1.79 bits per heavy atom. The van der Waals surface area contributed by atoms with Crippen molar-refractivity contribution < 1.29 is 0 Å². The first-order valence-corrected chi connectivity index (χ1v) is 10.5. The molecule has 7 rings (SSSR count). The Hall–Kier alpha value is -5.05. The van der Waals surface area contributed by atoms with E-state index >= 15 is 0 Å². The second-order valence-electron chi connectivity index (χ2n) is 7.72. The molecule has 0 fully saturated rings. The SMILES string of the molecule is c1cc2c3c(cc(-c4ncncn4)c(-c4ncncn4)c3c1)-c1ccc(-c3ncncn3)cc1-2. The molecule has 9 nitrogen and oxygen atoms in total. The van der Waals surface area contributed by atoms with E-state index in [1.807, 2.05) is 12.1 Å². The van der Waals surface area contributed by atoms with Crippen molar-refractivity contribution in [2.75, 3.05) is 0 Å². The van der Waals surface area contributed by atoms with Crippen LogP contribution in [0.25, 0.3) is 67.2 Å². The summed E-state index contributed by atoms with van der Waals surface area (Å²) in [5.41, 5.74) is 7.12. The number of aromatic nitrogens is 9. The molecule has 1 aliphatic carbocycles. The minimum absolute atomic E-state index is 0.559. The summed E-state index contributed by atoms with van der Waals surface area (Å²) in [5, 5.41) is 2.16. The molecule has 3 heterocycles. The van der Waals surface area contributed by atoms with Gasteiger partial charge >= 0.3 is 0 Å². The van der Waals surface area contributed by atoms with E-state index in [1.54, 1.807) is 0 Å². The van der Waals surface area contributed by atoms with Crippen LogP contribution in [0.1, 0.15) is 0 Å².